The molecule has 6 aromatic carbocycles. The van der Waals surface area contributed by atoms with Gasteiger partial charge in [0.25, 0.3) is 11.8 Å². The Morgan fingerprint density at radius 2 is 1.32 bits per heavy atom. The van der Waals surface area contributed by atoms with E-state index in [1.807, 2.05) is 179 Å². The Kier molecular flexibility index (Phi) is 15.6. The van der Waals surface area contributed by atoms with Crippen molar-refractivity contribution in [3.63, 3.8) is 0 Å². The summed E-state index contributed by atoms with van der Waals surface area (Å²) in [6.07, 6.45) is 1.33. The number of anilines is 1. The molecule has 4 unspecified atom stereocenters. The molecular formula is C60H54I2N6O10S2. The molecule has 1 saturated carbocycles. The number of hydrogen-bond donors (Lipinski definition) is 5. The van der Waals surface area contributed by atoms with Crippen LogP contribution in [0, 0.1) is 0 Å². The van der Waals surface area contributed by atoms with Gasteiger partial charge in [0.2, 0.25) is 9.15 Å². The van der Waals surface area contributed by atoms with Crippen LogP contribution >= 0.6 is 56.5 Å². The molecule has 0 radical (unpaired) electrons. The SMILES string of the molecule is O=C(NC1C(=O)N2[C@H]1S(=O)CC(I)(CN1CCc3cc(O)c(O)cc3C1)C2(I)C(=O)O)/C(=N\OC1(C(=O)OC(c2ccccc2)c2ccccc2)CCCC1)c1csc(NC(c2ccccc2)(c2ccccc2)c2ccccc2)n1. The van der Waals surface area contributed by atoms with Gasteiger partial charge in [0.15, 0.2) is 28.4 Å². The number of oxime groups is 1. The summed E-state index contributed by atoms with van der Waals surface area (Å²) in [6.45, 7) is 0.895. The first kappa shape index (κ1) is 55.2. The van der Waals surface area contributed by atoms with E-state index < -0.39 is 70.2 Å². The van der Waals surface area contributed by atoms with Crippen molar-refractivity contribution in [2.75, 3.05) is 24.2 Å². The number of thiazole rings is 1. The van der Waals surface area contributed by atoms with Crippen LogP contribution < -0.4 is 10.6 Å². The van der Waals surface area contributed by atoms with Gasteiger partial charge in [-0.2, -0.15) is 0 Å². The minimum Gasteiger partial charge on any atom is -0.504 e. The van der Waals surface area contributed by atoms with E-state index in [-0.39, 0.29) is 48.0 Å². The summed E-state index contributed by atoms with van der Waals surface area (Å²) in [6, 6.07) is 49.9. The number of hydrogen-bond acceptors (Lipinski definition) is 14. The predicted octanol–water partition coefficient (Wildman–Crippen LogP) is 9.19. The highest BCUT2D eigenvalue weighted by Crippen LogP contribution is 2.53. The molecule has 2 saturated heterocycles. The normalized spacial score (nSPS) is 22.6. The Bertz CT molecular complexity index is 3370. The summed E-state index contributed by atoms with van der Waals surface area (Å²) < 4.78 is 17.8. The maximum Gasteiger partial charge on any atom is 0.354 e. The van der Waals surface area contributed by atoms with Gasteiger partial charge in [-0.1, -0.05) is 179 Å². The number of phenols is 2. The number of carbonyl (C=O) groups excluding carboxylic acids is 3. The summed E-state index contributed by atoms with van der Waals surface area (Å²) in [5, 5.41) is 43.3. The number of aliphatic carboxylic acids is 1. The zero-order valence-electron chi connectivity index (χ0n) is 42.8. The third kappa shape index (κ3) is 10.1. The molecule has 4 heterocycles. The number of carbonyl (C=O) groups is 4. The monoisotopic (exact) mass is 1340 g/mol. The lowest BCUT2D eigenvalue weighted by atomic mass is 9.77. The number of nitrogens with one attached hydrogen (secondary N) is 2. The van der Waals surface area contributed by atoms with E-state index in [0.717, 1.165) is 43.8 Å². The second kappa shape index (κ2) is 22.7. The molecule has 410 valence electrons. The van der Waals surface area contributed by atoms with Crippen molar-refractivity contribution in [3.8, 4) is 11.5 Å². The number of phenolic OH excluding ortho intramolecular Hbond substituents is 2. The Balaban J connectivity index is 0.931. The number of esters is 1. The number of aromatic hydroxyl groups is 2. The zero-order chi connectivity index (χ0) is 55.8. The van der Waals surface area contributed by atoms with E-state index >= 15 is 4.79 Å². The van der Waals surface area contributed by atoms with Gasteiger partial charge in [-0.3, -0.25) is 23.6 Å². The average Bonchev–Trinajstić information content (AvgIpc) is 3.92. The number of rotatable bonds is 17. The Hall–Kier alpha value is -6.73. The Labute approximate surface area is 495 Å². The molecule has 11 rings (SSSR count). The molecule has 5 N–H and O–H groups in total. The van der Waals surface area contributed by atoms with Crippen LogP contribution in [0.5, 0.6) is 11.5 Å². The molecule has 3 aliphatic heterocycles. The topological polar surface area (TPSA) is 220 Å². The van der Waals surface area contributed by atoms with Crippen LogP contribution in [0.3, 0.4) is 0 Å². The molecular weight excluding hydrogens is 1280 g/mol. The van der Waals surface area contributed by atoms with E-state index in [1.165, 1.54) is 23.5 Å². The van der Waals surface area contributed by atoms with E-state index in [2.05, 4.69) is 15.8 Å². The number of nitrogens with zero attached hydrogens (tertiary/aromatic N) is 4. The Morgan fingerprint density at radius 3 is 1.86 bits per heavy atom. The second-order valence-corrected chi connectivity index (χ2v) is 26.4. The standard InChI is InChI=1S/C60H54I2N6O10S2/c61-58(36-67-31-28-40-32-46(69)47(70)33-41(40)34-67)37-80(76)53-49(52(72)68(53)60(58,62)54(73)74)64-51(71)48(66-78-57(29-16-17-30-57)55(75)77-50(38-18-6-1-7-19-38)39-20-8-2-9-21-39)45-35-79-56(63-45)65-59(42-22-10-3-11-23-42,43-24-12-4-13-25-43)44-26-14-5-15-27-44/h1-15,18-27,32-33,35,49-50,53,69-70H,16-17,28-31,34,36-37H2,(H,63,65)(H,64,71)(H,73,74)/b66-48-/t49?,53-,58?,60?,80?/m0/s1. The lowest BCUT2D eigenvalue weighted by molar-refractivity contribution is -0.176. The maximum atomic E-state index is 15.2. The fraction of sp³-hybridized carbons (Fsp3) is 0.267. The molecule has 3 fully saturated rings. The van der Waals surface area contributed by atoms with Crippen LogP contribution in [0.15, 0.2) is 174 Å². The predicted molar refractivity (Wildman–Crippen MR) is 320 cm³/mol. The van der Waals surface area contributed by atoms with Crippen molar-refractivity contribution >= 4 is 102 Å². The minimum atomic E-state index is -1.93. The maximum absolute atomic E-state index is 15.2. The molecule has 80 heavy (non-hydrogen) atoms. The van der Waals surface area contributed by atoms with Gasteiger partial charge < -0.3 is 35.5 Å². The molecule has 16 nitrogen and oxygen atoms in total. The van der Waals surface area contributed by atoms with Gasteiger partial charge in [0.05, 0.1) is 3.42 Å². The lowest BCUT2D eigenvalue weighted by Crippen LogP contribution is -2.85. The van der Waals surface area contributed by atoms with Crippen molar-refractivity contribution < 1.29 is 48.3 Å². The number of β-lactam (4-membered cyclic amide) rings is 1. The number of amides is 2. The molecule has 0 bridgehead atoms. The Morgan fingerprint density at radius 1 is 0.800 bits per heavy atom. The summed E-state index contributed by atoms with van der Waals surface area (Å²) in [5.41, 5.74) is 2.77. The fourth-order valence-corrected chi connectivity index (χ4v) is 17.3. The van der Waals surface area contributed by atoms with Crippen molar-refractivity contribution in [2.45, 2.75) is 74.3 Å². The smallest absolute Gasteiger partial charge is 0.354 e. The van der Waals surface area contributed by atoms with Crippen LogP contribution in [0.4, 0.5) is 5.13 Å². The number of halogens is 2. The third-order valence-corrected chi connectivity index (χ3v) is 23.1. The molecule has 7 aromatic rings. The molecule has 20 heteroatoms. The molecule has 4 aliphatic rings. The van der Waals surface area contributed by atoms with E-state index in [0.29, 0.717) is 37.5 Å². The molecule has 5 atom stereocenters. The largest absolute Gasteiger partial charge is 0.504 e. The zero-order valence-corrected chi connectivity index (χ0v) is 48.8. The first-order chi connectivity index (χ1) is 38.6. The number of carboxylic acid groups (broad SMARTS) is 1. The van der Waals surface area contributed by atoms with Gasteiger partial charge in [-0.25, -0.2) is 14.6 Å². The van der Waals surface area contributed by atoms with Crippen molar-refractivity contribution in [3.05, 3.63) is 214 Å². The van der Waals surface area contributed by atoms with Gasteiger partial charge in [0, 0.05) is 54.4 Å². The third-order valence-electron chi connectivity index (χ3n) is 15.4. The highest BCUT2D eigenvalue weighted by molar-refractivity contribution is 14.1. The number of ether oxygens (including phenoxy) is 1. The summed E-state index contributed by atoms with van der Waals surface area (Å²) in [5.74, 6) is -4.36. The van der Waals surface area contributed by atoms with Gasteiger partial charge >= 0.3 is 11.9 Å². The molecule has 1 aromatic heterocycles. The summed E-state index contributed by atoms with van der Waals surface area (Å²) >= 11 is 5.00. The van der Waals surface area contributed by atoms with Gasteiger partial charge in [0.1, 0.15) is 22.6 Å². The fourth-order valence-electron chi connectivity index (χ4n) is 11.4. The van der Waals surface area contributed by atoms with E-state index in [9.17, 15) is 33.9 Å². The van der Waals surface area contributed by atoms with Gasteiger partial charge in [-0.05, 0) is 92.9 Å². The van der Waals surface area contributed by atoms with Crippen LogP contribution in [0.25, 0.3) is 0 Å². The molecule has 0 spiro atoms. The highest BCUT2D eigenvalue weighted by atomic mass is 127. The van der Waals surface area contributed by atoms with Crippen LogP contribution in [-0.2, 0) is 58.1 Å². The number of carboxylic acids is 1. The van der Waals surface area contributed by atoms with Crippen LogP contribution in [0.2, 0.25) is 0 Å². The number of alkyl halides is 2. The first-order valence-corrected chi connectivity index (χ1v) is 30.4. The minimum absolute atomic E-state index is 0.0335. The average molecular weight is 1340 g/mol. The second-order valence-electron chi connectivity index (χ2n) is 20.4. The molecule has 1 aliphatic carbocycles. The van der Waals surface area contributed by atoms with Crippen molar-refractivity contribution in [1.29, 1.82) is 0 Å². The number of benzene rings is 6. The number of aromatic nitrogens is 1. The quantitative estimate of drug-likeness (QED) is 0.00662. The molecule has 2 amide bonds. The van der Waals surface area contributed by atoms with E-state index in [1.54, 1.807) is 28.0 Å². The summed E-state index contributed by atoms with van der Waals surface area (Å²) in [4.78, 5) is 72.7. The summed E-state index contributed by atoms with van der Waals surface area (Å²) in [7, 11) is -1.90. The van der Waals surface area contributed by atoms with Crippen LogP contribution in [0.1, 0.15) is 76.4 Å². The van der Waals surface area contributed by atoms with E-state index in [4.69, 9.17) is 14.6 Å². The van der Waals surface area contributed by atoms with Crippen LogP contribution in [-0.4, -0.2) is 107 Å². The van der Waals surface area contributed by atoms with Gasteiger partial charge in [-0.15, -0.1) is 11.3 Å². The first-order valence-electron chi connectivity index (χ1n) is 26.0. The van der Waals surface area contributed by atoms with Crippen molar-refractivity contribution in [2.24, 2.45) is 5.16 Å². The van der Waals surface area contributed by atoms with Crippen molar-refractivity contribution in [1.82, 2.24) is 20.1 Å². The number of fused-ring (bicyclic) bond motifs is 2. The lowest BCUT2D eigenvalue weighted by Gasteiger charge is -2.61. The highest BCUT2D eigenvalue weighted by Gasteiger charge is 2.73.